The molecule has 6 heteroatoms. The monoisotopic (exact) mass is 331 g/mol. The maximum atomic E-state index is 11.6. The van der Waals surface area contributed by atoms with Crippen molar-refractivity contribution in [1.29, 1.82) is 0 Å². The molecule has 120 valence electrons. The smallest absolute Gasteiger partial charge is 0.354 e. The van der Waals surface area contributed by atoms with Crippen LogP contribution in [-0.4, -0.2) is 25.0 Å². The summed E-state index contributed by atoms with van der Waals surface area (Å²) in [5.74, 6) is -0.472. The summed E-state index contributed by atoms with van der Waals surface area (Å²) in [6.07, 6.45) is 2.16. The average Bonchev–Trinajstić information content (AvgIpc) is 2.93. The fourth-order valence-electron chi connectivity index (χ4n) is 3.21. The highest BCUT2D eigenvalue weighted by molar-refractivity contribution is 6.30. The van der Waals surface area contributed by atoms with Crippen molar-refractivity contribution in [2.24, 2.45) is 0 Å². The van der Waals surface area contributed by atoms with Crippen LogP contribution >= 0.6 is 11.6 Å². The second-order valence-corrected chi connectivity index (χ2v) is 6.16. The first-order valence-electron chi connectivity index (χ1n) is 7.44. The van der Waals surface area contributed by atoms with Gasteiger partial charge in [-0.2, -0.15) is 0 Å². The zero-order valence-corrected chi connectivity index (χ0v) is 14.3. The summed E-state index contributed by atoms with van der Waals surface area (Å²) in [5.41, 5.74) is 4.99. The maximum Gasteiger partial charge on any atom is 0.354 e. The van der Waals surface area contributed by atoms with Gasteiger partial charge in [-0.25, -0.2) is 9.78 Å². The highest BCUT2D eigenvalue weighted by Gasteiger charge is 2.23. The molecular formula is C17H18ClN3O2. The molecule has 0 saturated heterocycles. The van der Waals surface area contributed by atoms with E-state index in [1.165, 1.54) is 5.56 Å². The van der Waals surface area contributed by atoms with Gasteiger partial charge in [-0.1, -0.05) is 36.2 Å². The third kappa shape index (κ3) is 2.32. The first kappa shape index (κ1) is 15.6. The average molecular weight is 332 g/mol. The molecule has 0 fully saturated rings. The lowest BCUT2D eigenvalue weighted by atomic mass is 10.1. The second kappa shape index (κ2) is 5.42. The molecule has 0 aliphatic heterocycles. The molecule has 3 rings (SSSR count). The fourth-order valence-corrected chi connectivity index (χ4v) is 3.47. The van der Waals surface area contributed by atoms with Gasteiger partial charge in [-0.15, -0.1) is 0 Å². The standard InChI is InChI=1S/C17H18ClN3O2/c1-5-12-15(16(22)23)20-8-13(18)21(17(20)19-12)14-10(3)6-9(2)7-11(14)4/h6-8H,5H2,1-4H3,(H,22,23). The van der Waals surface area contributed by atoms with Crippen LogP contribution in [-0.2, 0) is 6.42 Å². The van der Waals surface area contributed by atoms with Crippen molar-refractivity contribution in [3.05, 3.63) is 51.6 Å². The van der Waals surface area contributed by atoms with E-state index in [1.54, 1.807) is 10.6 Å². The van der Waals surface area contributed by atoms with Gasteiger partial charge in [0.15, 0.2) is 5.69 Å². The summed E-state index contributed by atoms with van der Waals surface area (Å²) in [4.78, 5) is 16.1. The fraction of sp³-hybridized carbons (Fsp3) is 0.294. The highest BCUT2D eigenvalue weighted by atomic mass is 35.5. The number of imidazole rings is 2. The topological polar surface area (TPSA) is 59.5 Å². The number of rotatable bonds is 3. The van der Waals surface area contributed by atoms with Gasteiger partial charge in [0.05, 0.1) is 11.4 Å². The van der Waals surface area contributed by atoms with Gasteiger partial charge in [0.2, 0.25) is 5.78 Å². The summed E-state index contributed by atoms with van der Waals surface area (Å²) in [7, 11) is 0. The van der Waals surface area contributed by atoms with E-state index in [9.17, 15) is 9.90 Å². The summed E-state index contributed by atoms with van der Waals surface area (Å²) < 4.78 is 3.37. The van der Waals surface area contributed by atoms with Gasteiger partial charge in [-0.3, -0.25) is 8.97 Å². The van der Waals surface area contributed by atoms with Gasteiger partial charge in [0.1, 0.15) is 5.15 Å². The van der Waals surface area contributed by atoms with Gasteiger partial charge >= 0.3 is 5.97 Å². The molecule has 0 aliphatic carbocycles. The Bertz CT molecular complexity index is 914. The summed E-state index contributed by atoms with van der Waals surface area (Å²) >= 11 is 6.41. The Hall–Kier alpha value is -2.27. The van der Waals surface area contributed by atoms with E-state index in [-0.39, 0.29) is 5.69 Å². The minimum atomic E-state index is -1.000. The van der Waals surface area contributed by atoms with Crippen LogP contribution in [0.25, 0.3) is 11.5 Å². The first-order valence-corrected chi connectivity index (χ1v) is 7.82. The van der Waals surface area contributed by atoms with Gasteiger partial charge < -0.3 is 5.11 Å². The second-order valence-electron chi connectivity index (χ2n) is 5.77. The Labute approximate surface area is 139 Å². The molecule has 0 unspecified atom stereocenters. The zero-order chi connectivity index (χ0) is 16.9. The number of fused-ring (bicyclic) bond motifs is 1. The van der Waals surface area contributed by atoms with Crippen LogP contribution in [0.4, 0.5) is 0 Å². The molecule has 0 amide bonds. The van der Waals surface area contributed by atoms with E-state index in [1.807, 2.05) is 32.3 Å². The Morgan fingerprint density at radius 2 is 1.87 bits per heavy atom. The van der Waals surface area contributed by atoms with Crippen LogP contribution in [0, 0.1) is 20.8 Å². The molecule has 0 saturated carbocycles. The van der Waals surface area contributed by atoms with Crippen molar-refractivity contribution in [1.82, 2.24) is 14.0 Å². The number of aromatic carboxylic acids is 1. The number of aromatic nitrogens is 3. The molecule has 0 radical (unpaired) electrons. The number of nitrogens with zero attached hydrogens (tertiary/aromatic N) is 3. The Balaban J connectivity index is 2.40. The van der Waals surface area contributed by atoms with Crippen molar-refractivity contribution >= 4 is 23.3 Å². The number of aryl methyl sites for hydroxylation is 4. The Morgan fingerprint density at radius 1 is 1.26 bits per heavy atom. The minimum Gasteiger partial charge on any atom is -0.477 e. The van der Waals surface area contributed by atoms with Crippen LogP contribution in [0.1, 0.15) is 39.8 Å². The van der Waals surface area contributed by atoms with E-state index in [0.29, 0.717) is 23.0 Å². The number of carboxylic acid groups (broad SMARTS) is 1. The number of benzene rings is 1. The predicted molar refractivity (Wildman–Crippen MR) is 90.1 cm³/mol. The summed E-state index contributed by atoms with van der Waals surface area (Å²) in [5, 5.41) is 9.92. The normalized spacial score (nSPS) is 11.3. The highest BCUT2D eigenvalue weighted by Crippen LogP contribution is 2.29. The van der Waals surface area contributed by atoms with Crippen molar-refractivity contribution in [2.75, 3.05) is 0 Å². The van der Waals surface area contributed by atoms with E-state index in [2.05, 4.69) is 17.1 Å². The van der Waals surface area contributed by atoms with Crippen LogP contribution in [0.15, 0.2) is 18.3 Å². The van der Waals surface area contributed by atoms with Gasteiger partial charge in [0.25, 0.3) is 0 Å². The van der Waals surface area contributed by atoms with Crippen LogP contribution < -0.4 is 0 Å². The maximum absolute atomic E-state index is 11.6. The molecular weight excluding hydrogens is 314 g/mol. The van der Waals surface area contributed by atoms with Crippen molar-refractivity contribution < 1.29 is 9.90 Å². The lowest BCUT2D eigenvalue weighted by Gasteiger charge is -2.13. The number of carboxylic acids is 1. The SMILES string of the molecule is CCc1nc2n(-c3c(C)cc(C)cc3C)c(Cl)cn2c1C(=O)O. The molecule has 2 heterocycles. The van der Waals surface area contributed by atoms with Crippen LogP contribution in [0.2, 0.25) is 5.15 Å². The molecule has 1 aromatic carbocycles. The van der Waals surface area contributed by atoms with Crippen LogP contribution in [0.5, 0.6) is 0 Å². The predicted octanol–water partition coefficient (Wildman–Crippen LogP) is 3.96. The summed E-state index contributed by atoms with van der Waals surface area (Å²) in [6.45, 7) is 7.97. The Morgan fingerprint density at radius 3 is 2.39 bits per heavy atom. The Kier molecular flexibility index (Phi) is 3.68. The zero-order valence-electron chi connectivity index (χ0n) is 13.5. The molecule has 0 aliphatic rings. The van der Waals surface area contributed by atoms with Crippen LogP contribution in [0.3, 0.4) is 0 Å². The molecule has 3 aromatic rings. The van der Waals surface area contributed by atoms with E-state index in [0.717, 1.165) is 16.8 Å². The van der Waals surface area contributed by atoms with Gasteiger partial charge in [-0.05, 0) is 38.3 Å². The molecule has 23 heavy (non-hydrogen) atoms. The molecule has 1 N–H and O–H groups in total. The minimum absolute atomic E-state index is 0.172. The van der Waals surface area contributed by atoms with Crippen molar-refractivity contribution in [2.45, 2.75) is 34.1 Å². The van der Waals surface area contributed by atoms with E-state index in [4.69, 9.17) is 11.6 Å². The molecule has 0 spiro atoms. The molecule has 2 aromatic heterocycles. The number of hydrogen-bond donors (Lipinski definition) is 1. The van der Waals surface area contributed by atoms with Crippen molar-refractivity contribution in [3.8, 4) is 5.69 Å². The van der Waals surface area contributed by atoms with Gasteiger partial charge in [0, 0.05) is 6.20 Å². The molecule has 0 atom stereocenters. The quantitative estimate of drug-likeness (QED) is 0.790. The number of hydrogen-bond acceptors (Lipinski definition) is 2. The van der Waals surface area contributed by atoms with Crippen molar-refractivity contribution in [3.63, 3.8) is 0 Å². The molecule has 0 bridgehead atoms. The summed E-state index contributed by atoms with van der Waals surface area (Å²) in [6, 6.07) is 4.16. The number of carbonyl (C=O) groups is 1. The van der Waals surface area contributed by atoms with E-state index >= 15 is 0 Å². The lowest BCUT2D eigenvalue weighted by molar-refractivity contribution is 0.0688. The third-order valence-corrected chi connectivity index (χ3v) is 4.28. The third-order valence-electron chi connectivity index (χ3n) is 4.01. The largest absolute Gasteiger partial charge is 0.477 e. The van der Waals surface area contributed by atoms with E-state index < -0.39 is 5.97 Å². The number of halogens is 1. The lowest BCUT2D eigenvalue weighted by Crippen LogP contribution is -2.04. The first-order chi connectivity index (χ1) is 10.8. The molecule has 5 nitrogen and oxygen atoms in total.